The van der Waals surface area contributed by atoms with Crippen molar-refractivity contribution in [2.75, 3.05) is 0 Å². The topological polar surface area (TPSA) is 23.8 Å². The molecule has 0 saturated heterocycles. The molecular weight excluding hydrogens is 354 g/mol. The molecule has 4 rings (SSSR count). The lowest BCUT2D eigenvalue weighted by Crippen LogP contribution is -2.38. The molecule has 1 nitrogen and oxygen atoms in total. The van der Waals surface area contributed by atoms with Crippen LogP contribution in [0.5, 0.6) is 0 Å². The van der Waals surface area contributed by atoms with Crippen LogP contribution in [0.15, 0.2) is 12.1 Å². The van der Waals surface area contributed by atoms with E-state index in [-0.39, 0.29) is 0 Å². The third-order valence-corrected chi connectivity index (χ3v) is 9.57. The van der Waals surface area contributed by atoms with Gasteiger partial charge in [0.15, 0.2) is 0 Å². The van der Waals surface area contributed by atoms with E-state index in [0.717, 1.165) is 16.7 Å². The third kappa shape index (κ3) is 3.48. The van der Waals surface area contributed by atoms with Gasteiger partial charge in [-0.15, -0.1) is 22.7 Å². The number of nitrogens with zero attached hydrogens (tertiary/aromatic N) is 1. The standard InChI is InChI=1S/C23H31NS2/c1-2-3-7-17-8-10-18(11-9-17)23(12-5-4-6-13-23)22-15-21-20(26-22)14-19(16-24)25-21/h14-15,17-18H,2-13H2,1H3/t17-,18-. The third-order valence-electron chi connectivity index (χ3n) is 7.15. The maximum Gasteiger partial charge on any atom is 0.110 e. The van der Waals surface area contributed by atoms with Gasteiger partial charge in [0.1, 0.15) is 10.9 Å². The molecule has 26 heavy (non-hydrogen) atoms. The molecular formula is C23H31NS2. The van der Waals surface area contributed by atoms with Crippen LogP contribution in [0.3, 0.4) is 0 Å². The highest BCUT2D eigenvalue weighted by Gasteiger charge is 2.43. The minimum Gasteiger partial charge on any atom is -0.192 e. The highest BCUT2D eigenvalue weighted by molar-refractivity contribution is 7.28. The maximum absolute atomic E-state index is 9.18. The van der Waals surface area contributed by atoms with Crippen molar-refractivity contribution in [2.45, 2.75) is 89.4 Å². The van der Waals surface area contributed by atoms with Crippen LogP contribution >= 0.6 is 22.7 Å². The Morgan fingerprint density at radius 1 is 1.04 bits per heavy atom. The molecule has 140 valence electrons. The lowest BCUT2D eigenvalue weighted by Gasteiger charge is -2.46. The average molecular weight is 386 g/mol. The first kappa shape index (κ1) is 18.5. The highest BCUT2D eigenvalue weighted by atomic mass is 32.1. The summed E-state index contributed by atoms with van der Waals surface area (Å²) in [5.74, 6) is 1.89. The van der Waals surface area contributed by atoms with Gasteiger partial charge < -0.3 is 0 Å². The fourth-order valence-electron chi connectivity index (χ4n) is 5.67. The molecule has 0 amide bonds. The average Bonchev–Trinajstić information content (AvgIpc) is 3.26. The van der Waals surface area contributed by atoms with Crippen LogP contribution in [0.1, 0.15) is 93.7 Å². The van der Waals surface area contributed by atoms with E-state index in [1.165, 1.54) is 86.4 Å². The summed E-state index contributed by atoms with van der Waals surface area (Å²) in [4.78, 5) is 2.52. The molecule has 0 atom stereocenters. The van der Waals surface area contributed by atoms with E-state index in [0.29, 0.717) is 5.41 Å². The maximum atomic E-state index is 9.18. The zero-order valence-corrected chi connectivity index (χ0v) is 17.7. The van der Waals surface area contributed by atoms with E-state index >= 15 is 0 Å². The van der Waals surface area contributed by atoms with Crippen LogP contribution in [0.25, 0.3) is 9.40 Å². The molecule has 0 spiro atoms. The van der Waals surface area contributed by atoms with Gasteiger partial charge in [-0.1, -0.05) is 58.3 Å². The Hall–Kier alpha value is -0.850. The Labute approximate surface area is 166 Å². The molecule has 3 heteroatoms. The number of fused-ring (bicyclic) bond motifs is 1. The van der Waals surface area contributed by atoms with Crippen LogP contribution in [0.4, 0.5) is 0 Å². The molecule has 2 aliphatic rings. The van der Waals surface area contributed by atoms with Crippen molar-refractivity contribution in [3.8, 4) is 6.07 Å². The minimum absolute atomic E-state index is 0.449. The summed E-state index contributed by atoms with van der Waals surface area (Å²) in [6, 6.07) is 6.91. The van der Waals surface area contributed by atoms with Crippen molar-refractivity contribution < 1.29 is 0 Å². The van der Waals surface area contributed by atoms with Gasteiger partial charge in [0.05, 0.1) is 0 Å². The Morgan fingerprint density at radius 2 is 1.77 bits per heavy atom. The van der Waals surface area contributed by atoms with Crippen molar-refractivity contribution in [3.05, 3.63) is 21.9 Å². The Balaban J connectivity index is 1.57. The van der Waals surface area contributed by atoms with E-state index in [1.54, 1.807) is 16.2 Å². The quantitative estimate of drug-likeness (QED) is 0.511. The number of thiophene rings is 2. The summed E-state index contributed by atoms with van der Waals surface area (Å²) in [5, 5.41) is 9.18. The molecule has 0 unspecified atom stereocenters. The van der Waals surface area contributed by atoms with E-state index < -0.39 is 0 Å². The Kier molecular flexibility index (Phi) is 5.72. The summed E-state index contributed by atoms with van der Waals surface area (Å²) in [5.41, 5.74) is 0.449. The SMILES string of the molecule is CCCC[C@H]1CC[C@H](C2(c3cc4sc(C#N)cc4s3)CCCCC2)CC1. The summed E-state index contributed by atoms with van der Waals surface area (Å²) in [6.07, 6.45) is 17.1. The summed E-state index contributed by atoms with van der Waals surface area (Å²) in [6.45, 7) is 2.32. The van der Waals surface area contributed by atoms with Crippen molar-refractivity contribution >= 4 is 32.1 Å². The second-order valence-corrected chi connectivity index (χ2v) is 10.8. The van der Waals surface area contributed by atoms with E-state index in [9.17, 15) is 5.26 Å². The van der Waals surface area contributed by atoms with Crippen LogP contribution in [0, 0.1) is 23.2 Å². The second kappa shape index (κ2) is 8.03. The van der Waals surface area contributed by atoms with Crippen LogP contribution in [-0.2, 0) is 5.41 Å². The van der Waals surface area contributed by atoms with Crippen molar-refractivity contribution in [2.24, 2.45) is 11.8 Å². The number of unbranched alkanes of at least 4 members (excludes halogenated alkanes) is 1. The van der Waals surface area contributed by atoms with Crippen LogP contribution < -0.4 is 0 Å². The molecule has 0 N–H and O–H groups in total. The Morgan fingerprint density at radius 3 is 2.42 bits per heavy atom. The Bertz CT molecular complexity index is 732. The first-order chi connectivity index (χ1) is 12.7. The molecule has 2 aliphatic carbocycles. The fourth-order valence-corrected chi connectivity index (χ4v) is 8.19. The predicted molar refractivity (Wildman–Crippen MR) is 114 cm³/mol. The number of hydrogen-bond donors (Lipinski definition) is 0. The monoisotopic (exact) mass is 385 g/mol. The predicted octanol–water partition coefficient (Wildman–Crippen LogP) is 8.03. The molecule has 2 aromatic rings. The first-order valence-electron chi connectivity index (χ1n) is 10.7. The van der Waals surface area contributed by atoms with E-state index in [2.05, 4.69) is 25.1 Å². The van der Waals surface area contributed by atoms with Gasteiger partial charge in [0.25, 0.3) is 0 Å². The molecule has 0 bridgehead atoms. The van der Waals surface area contributed by atoms with E-state index in [1.807, 2.05) is 11.3 Å². The molecule has 2 fully saturated rings. The van der Waals surface area contributed by atoms with Gasteiger partial charge in [0, 0.05) is 19.7 Å². The van der Waals surface area contributed by atoms with Gasteiger partial charge in [-0.05, 0) is 49.7 Å². The normalized spacial score (nSPS) is 26.0. The van der Waals surface area contributed by atoms with Gasteiger partial charge >= 0.3 is 0 Å². The molecule has 0 aromatic carbocycles. The highest BCUT2D eigenvalue weighted by Crippen LogP contribution is 2.54. The van der Waals surface area contributed by atoms with E-state index in [4.69, 9.17) is 0 Å². The van der Waals surface area contributed by atoms with Crippen LogP contribution in [0.2, 0.25) is 0 Å². The van der Waals surface area contributed by atoms with Gasteiger partial charge in [-0.2, -0.15) is 5.26 Å². The molecule has 0 radical (unpaired) electrons. The van der Waals surface area contributed by atoms with Crippen molar-refractivity contribution in [1.82, 2.24) is 0 Å². The molecule has 2 heterocycles. The lowest BCUT2D eigenvalue weighted by molar-refractivity contribution is 0.127. The van der Waals surface area contributed by atoms with Gasteiger partial charge in [-0.3, -0.25) is 0 Å². The number of rotatable bonds is 5. The molecule has 0 aliphatic heterocycles. The number of nitriles is 1. The van der Waals surface area contributed by atoms with Crippen molar-refractivity contribution in [1.29, 1.82) is 5.26 Å². The fraction of sp³-hybridized carbons (Fsp3) is 0.696. The summed E-state index contributed by atoms with van der Waals surface area (Å²) in [7, 11) is 0. The number of hydrogen-bond acceptors (Lipinski definition) is 3. The summed E-state index contributed by atoms with van der Waals surface area (Å²) < 4.78 is 2.70. The lowest BCUT2D eigenvalue weighted by atomic mass is 9.60. The van der Waals surface area contributed by atoms with Gasteiger partial charge in [0.2, 0.25) is 0 Å². The van der Waals surface area contributed by atoms with Gasteiger partial charge in [-0.25, -0.2) is 0 Å². The molecule has 2 aromatic heterocycles. The summed E-state index contributed by atoms with van der Waals surface area (Å²) >= 11 is 3.69. The molecule has 2 saturated carbocycles. The smallest absolute Gasteiger partial charge is 0.110 e. The zero-order valence-electron chi connectivity index (χ0n) is 16.1. The van der Waals surface area contributed by atoms with Crippen molar-refractivity contribution in [3.63, 3.8) is 0 Å². The zero-order chi connectivity index (χ0) is 18.0. The minimum atomic E-state index is 0.449. The van der Waals surface area contributed by atoms with Crippen LogP contribution in [-0.4, -0.2) is 0 Å². The largest absolute Gasteiger partial charge is 0.192 e. The first-order valence-corrected chi connectivity index (χ1v) is 12.3. The second-order valence-electron chi connectivity index (χ2n) is 8.64.